The highest BCUT2D eigenvalue weighted by atomic mass is 16.7. The molecule has 2 heteroatoms. The Hall–Kier alpha value is -0.520. The highest BCUT2D eigenvalue weighted by molar-refractivity contribution is 4.99. The maximum Gasteiger partial charge on any atom is 0.166 e. The summed E-state index contributed by atoms with van der Waals surface area (Å²) in [5.74, 6) is 5.97. The third kappa shape index (κ3) is 4.13. The van der Waals surface area contributed by atoms with E-state index in [1.165, 1.54) is 12.8 Å². The number of hydrogen-bond acceptors (Lipinski definition) is 2. The van der Waals surface area contributed by atoms with Crippen LogP contribution < -0.4 is 0 Å². The largest absolute Gasteiger partial charge is 0.348 e. The molecule has 0 radical (unpaired) electrons. The van der Waals surface area contributed by atoms with E-state index in [9.17, 15) is 0 Å². The zero-order valence-electron chi connectivity index (χ0n) is 9.27. The van der Waals surface area contributed by atoms with Crippen molar-refractivity contribution in [1.82, 2.24) is 0 Å². The molecule has 0 amide bonds. The van der Waals surface area contributed by atoms with Gasteiger partial charge in [0.05, 0.1) is 13.2 Å². The molecule has 0 aromatic carbocycles. The summed E-state index contributed by atoms with van der Waals surface area (Å²) in [6.45, 7) is 5.62. The van der Waals surface area contributed by atoms with Crippen molar-refractivity contribution in [2.75, 3.05) is 13.2 Å². The van der Waals surface area contributed by atoms with Gasteiger partial charge < -0.3 is 9.47 Å². The Kier molecular flexibility index (Phi) is 5.00. The second-order valence-electron chi connectivity index (χ2n) is 3.79. The Balaban J connectivity index is 2.09. The van der Waals surface area contributed by atoms with E-state index in [-0.39, 0.29) is 5.79 Å². The van der Waals surface area contributed by atoms with Crippen molar-refractivity contribution in [2.24, 2.45) is 0 Å². The summed E-state index contributed by atoms with van der Waals surface area (Å²) in [5, 5.41) is 0. The number of hydrogen-bond donors (Lipinski definition) is 0. The summed E-state index contributed by atoms with van der Waals surface area (Å²) in [4.78, 5) is 0. The number of ether oxygens (including phenoxy) is 2. The van der Waals surface area contributed by atoms with Crippen molar-refractivity contribution in [3.8, 4) is 11.8 Å². The lowest BCUT2D eigenvalue weighted by Gasteiger charge is -2.20. The molecule has 14 heavy (non-hydrogen) atoms. The maximum absolute atomic E-state index is 5.48. The molecule has 1 aliphatic heterocycles. The van der Waals surface area contributed by atoms with Crippen molar-refractivity contribution >= 4 is 0 Å². The molecule has 0 spiro atoms. The lowest BCUT2D eigenvalue weighted by molar-refractivity contribution is -0.145. The quantitative estimate of drug-likeness (QED) is 0.508. The van der Waals surface area contributed by atoms with Crippen molar-refractivity contribution in [2.45, 2.75) is 51.7 Å². The first-order chi connectivity index (χ1) is 6.77. The number of unbranched alkanes of at least 4 members (excludes halogenated alkanes) is 2. The Bertz CT molecular complexity index is 206. The van der Waals surface area contributed by atoms with Crippen molar-refractivity contribution in [3.05, 3.63) is 0 Å². The van der Waals surface area contributed by atoms with E-state index in [1.54, 1.807) is 0 Å². The van der Waals surface area contributed by atoms with E-state index in [0.29, 0.717) is 0 Å². The second-order valence-corrected chi connectivity index (χ2v) is 3.79. The van der Waals surface area contributed by atoms with Gasteiger partial charge in [-0.1, -0.05) is 13.3 Å². The molecule has 2 nitrogen and oxygen atoms in total. The van der Waals surface area contributed by atoms with Crippen LogP contribution in [0.5, 0.6) is 0 Å². The zero-order valence-corrected chi connectivity index (χ0v) is 9.27. The Morgan fingerprint density at radius 2 is 1.79 bits per heavy atom. The van der Waals surface area contributed by atoms with Crippen LogP contribution in [0.15, 0.2) is 0 Å². The SMILES string of the molecule is CCCCC#CCCC1(C)OCCO1. The lowest BCUT2D eigenvalue weighted by atomic mass is 10.1. The van der Waals surface area contributed by atoms with Crippen molar-refractivity contribution in [1.29, 1.82) is 0 Å². The molecule has 80 valence electrons. The van der Waals surface area contributed by atoms with E-state index in [1.807, 2.05) is 6.92 Å². The minimum atomic E-state index is -0.362. The van der Waals surface area contributed by atoms with Gasteiger partial charge in [-0.2, -0.15) is 0 Å². The molecule has 0 atom stereocenters. The van der Waals surface area contributed by atoms with Crippen LogP contribution in [0.25, 0.3) is 0 Å². The predicted molar refractivity (Wildman–Crippen MR) is 56.8 cm³/mol. The molecule has 1 fully saturated rings. The van der Waals surface area contributed by atoms with E-state index in [0.717, 1.165) is 32.5 Å². The molecule has 0 aromatic rings. The molecule has 1 rings (SSSR count). The molecule has 1 aliphatic rings. The topological polar surface area (TPSA) is 18.5 Å². The van der Waals surface area contributed by atoms with Gasteiger partial charge >= 0.3 is 0 Å². The molecule has 0 N–H and O–H groups in total. The first kappa shape index (κ1) is 11.6. The average Bonchev–Trinajstić information content (AvgIpc) is 2.59. The van der Waals surface area contributed by atoms with Gasteiger partial charge in [-0.15, -0.1) is 11.8 Å². The lowest BCUT2D eigenvalue weighted by Crippen LogP contribution is -2.24. The summed E-state index contributed by atoms with van der Waals surface area (Å²) in [5.41, 5.74) is 0. The normalized spacial score (nSPS) is 19.0. The summed E-state index contributed by atoms with van der Waals surface area (Å²) >= 11 is 0. The molecule has 1 saturated heterocycles. The third-order valence-electron chi connectivity index (χ3n) is 2.38. The van der Waals surface area contributed by atoms with Crippen LogP contribution in [0.4, 0.5) is 0 Å². The summed E-state index contributed by atoms with van der Waals surface area (Å²) < 4.78 is 11.0. The van der Waals surface area contributed by atoms with Gasteiger partial charge in [0.1, 0.15) is 0 Å². The van der Waals surface area contributed by atoms with E-state index >= 15 is 0 Å². The van der Waals surface area contributed by atoms with Gasteiger partial charge in [0, 0.05) is 19.3 Å². The maximum atomic E-state index is 5.48. The second kappa shape index (κ2) is 6.06. The summed E-state index contributed by atoms with van der Waals surface area (Å²) in [6, 6.07) is 0. The van der Waals surface area contributed by atoms with Gasteiger partial charge in [-0.3, -0.25) is 0 Å². The smallest absolute Gasteiger partial charge is 0.166 e. The molecule has 0 aliphatic carbocycles. The standard InChI is InChI=1S/C12H20O2/c1-3-4-5-6-7-8-9-12(2)13-10-11-14-12/h3-5,8-11H2,1-2H3. The third-order valence-corrected chi connectivity index (χ3v) is 2.38. The fourth-order valence-electron chi connectivity index (χ4n) is 1.43. The van der Waals surface area contributed by atoms with Crippen molar-refractivity contribution in [3.63, 3.8) is 0 Å². The highest BCUT2D eigenvalue weighted by Gasteiger charge is 2.29. The fourth-order valence-corrected chi connectivity index (χ4v) is 1.43. The predicted octanol–water partition coefficient (Wildman–Crippen LogP) is 2.72. The average molecular weight is 196 g/mol. The molecule has 0 aromatic heterocycles. The minimum absolute atomic E-state index is 0.362. The van der Waals surface area contributed by atoms with E-state index in [4.69, 9.17) is 9.47 Å². The first-order valence-electron chi connectivity index (χ1n) is 5.50. The summed E-state index contributed by atoms with van der Waals surface area (Å²) in [6.07, 6.45) is 5.21. The van der Waals surface area contributed by atoms with Crippen LogP contribution in [0, 0.1) is 11.8 Å². The van der Waals surface area contributed by atoms with Crippen LogP contribution in [-0.4, -0.2) is 19.0 Å². The van der Waals surface area contributed by atoms with Gasteiger partial charge in [0.2, 0.25) is 0 Å². The van der Waals surface area contributed by atoms with E-state index in [2.05, 4.69) is 18.8 Å². The van der Waals surface area contributed by atoms with Gasteiger partial charge in [-0.25, -0.2) is 0 Å². The van der Waals surface area contributed by atoms with Crippen LogP contribution in [0.3, 0.4) is 0 Å². The Morgan fingerprint density at radius 1 is 1.14 bits per heavy atom. The zero-order chi connectivity index (χ0) is 10.3. The Labute approximate surface area is 87.0 Å². The van der Waals surface area contributed by atoms with Gasteiger partial charge in [-0.05, 0) is 13.3 Å². The van der Waals surface area contributed by atoms with Crippen molar-refractivity contribution < 1.29 is 9.47 Å². The summed E-state index contributed by atoms with van der Waals surface area (Å²) in [7, 11) is 0. The molecule has 0 bridgehead atoms. The highest BCUT2D eigenvalue weighted by Crippen LogP contribution is 2.23. The molecule has 1 heterocycles. The van der Waals surface area contributed by atoms with Gasteiger partial charge in [0.15, 0.2) is 5.79 Å². The Morgan fingerprint density at radius 3 is 2.43 bits per heavy atom. The number of rotatable bonds is 4. The van der Waals surface area contributed by atoms with Gasteiger partial charge in [0.25, 0.3) is 0 Å². The van der Waals surface area contributed by atoms with Crippen LogP contribution in [0.2, 0.25) is 0 Å². The first-order valence-corrected chi connectivity index (χ1v) is 5.50. The molecule has 0 unspecified atom stereocenters. The van der Waals surface area contributed by atoms with E-state index < -0.39 is 0 Å². The molecular formula is C12H20O2. The monoisotopic (exact) mass is 196 g/mol. The minimum Gasteiger partial charge on any atom is -0.348 e. The fraction of sp³-hybridized carbons (Fsp3) is 0.833. The molecular weight excluding hydrogens is 176 g/mol. The van der Waals surface area contributed by atoms with Crippen LogP contribution in [0.1, 0.15) is 46.0 Å². The van der Waals surface area contributed by atoms with Crippen LogP contribution >= 0.6 is 0 Å². The molecule has 0 saturated carbocycles. The van der Waals surface area contributed by atoms with Crippen LogP contribution in [-0.2, 0) is 9.47 Å².